The van der Waals surface area contributed by atoms with Gasteiger partial charge in [0.15, 0.2) is 0 Å². The molecule has 1 fully saturated rings. The molecule has 1 atom stereocenters. The summed E-state index contributed by atoms with van der Waals surface area (Å²) in [6, 6.07) is 0. The van der Waals surface area contributed by atoms with Crippen LogP contribution in [0.1, 0.15) is 12.8 Å². The number of rotatable bonds is 1. The van der Waals surface area contributed by atoms with Gasteiger partial charge in [0.25, 0.3) is 0 Å². The van der Waals surface area contributed by atoms with Gasteiger partial charge in [-0.1, -0.05) is 0 Å². The molecule has 0 saturated carbocycles. The van der Waals surface area contributed by atoms with Crippen LogP contribution in [0.5, 0.6) is 0 Å². The fraction of sp³-hybridized carbons (Fsp3) is 1.00. The summed E-state index contributed by atoms with van der Waals surface area (Å²) in [4.78, 5) is 2.29. The summed E-state index contributed by atoms with van der Waals surface area (Å²) in [5, 5.41) is 0. The molecule has 1 unspecified atom stereocenters. The van der Waals surface area contributed by atoms with Gasteiger partial charge in [0.1, 0.15) is 0 Å². The topological polar surface area (TPSA) is 9.23 Å². The Morgan fingerprint density at radius 2 is 2.57 bits per heavy atom. The molecule has 1 saturated heterocycles. The molecule has 0 aromatic rings. The fourth-order valence-corrected chi connectivity index (χ4v) is 2.39. The molecule has 2 heteroatoms. The van der Waals surface area contributed by atoms with E-state index in [-0.39, 0.29) is 0 Å². The third-order valence-electron chi connectivity index (χ3n) is 1.12. The van der Waals surface area contributed by atoms with Crippen LogP contribution in [0.2, 0.25) is 0 Å². The Hall–Kier alpha value is 0.690. The summed E-state index contributed by atoms with van der Waals surface area (Å²) in [5.41, 5.74) is 0. The van der Waals surface area contributed by atoms with Crippen LogP contribution >= 0.6 is 0 Å². The van der Waals surface area contributed by atoms with Crippen LogP contribution in [0.15, 0.2) is 0 Å². The van der Waals surface area contributed by atoms with Gasteiger partial charge in [0, 0.05) is 0 Å². The van der Waals surface area contributed by atoms with Crippen LogP contribution in [0.3, 0.4) is 0 Å². The first-order chi connectivity index (χ1) is 3.43. The number of hydrogen-bond acceptors (Lipinski definition) is 1. The molecule has 1 heterocycles. The van der Waals surface area contributed by atoms with Crippen molar-refractivity contribution in [2.24, 2.45) is 0 Å². The minimum atomic E-state index is 0.382. The van der Waals surface area contributed by atoms with E-state index in [1.165, 1.54) is 12.8 Å². The molecule has 1 nitrogen and oxygen atoms in total. The third-order valence-corrected chi connectivity index (χ3v) is 3.49. The van der Waals surface area contributed by atoms with Gasteiger partial charge in [-0.2, -0.15) is 0 Å². The Balaban J connectivity index is 2.14. The zero-order valence-electron chi connectivity index (χ0n) is 4.48. The zero-order valence-corrected chi connectivity index (χ0v) is 6.64. The van der Waals surface area contributed by atoms with Gasteiger partial charge in [0.05, 0.1) is 0 Å². The Kier molecular flexibility index (Phi) is 2.38. The van der Waals surface area contributed by atoms with E-state index in [9.17, 15) is 0 Å². The molecule has 1 aliphatic heterocycles. The van der Waals surface area contributed by atoms with Crippen LogP contribution in [0, 0.1) is 0 Å². The van der Waals surface area contributed by atoms with Crippen LogP contribution in [-0.4, -0.2) is 15.6 Å². The van der Waals surface area contributed by atoms with Gasteiger partial charge in [-0.05, 0) is 0 Å². The molecule has 0 aromatic heterocycles. The number of hydrogen-bond donors (Lipinski definition) is 0. The number of halogens is 1. The van der Waals surface area contributed by atoms with Gasteiger partial charge in [-0.25, -0.2) is 0 Å². The molecule has 0 amide bonds. The first-order valence-electron chi connectivity index (χ1n) is 2.53. The Labute approximate surface area is 54.7 Å². The van der Waals surface area contributed by atoms with E-state index < -0.39 is 0 Å². The summed E-state index contributed by atoms with van der Waals surface area (Å²) in [6.07, 6.45) is 2.64. The predicted octanol–water partition coefficient (Wildman–Crippen LogP) is -2.16. The molecule has 0 aromatic carbocycles. The molecule has 0 bridgehead atoms. The minimum absolute atomic E-state index is 0.382. The number of alkyl halides is 2. The summed E-state index contributed by atoms with van der Waals surface area (Å²) in [6.45, 7) is 1.03. The van der Waals surface area contributed by atoms with Crippen LogP contribution in [0.4, 0.5) is 0 Å². The van der Waals surface area contributed by atoms with Gasteiger partial charge in [-0.3, -0.25) is 0 Å². The average molecular weight is 213 g/mol. The molecule has 7 heavy (non-hydrogen) atoms. The zero-order chi connectivity index (χ0) is 5.11. The molecule has 0 radical (unpaired) electrons. The van der Waals surface area contributed by atoms with E-state index in [1.807, 2.05) is 0 Å². The van der Waals surface area contributed by atoms with Crippen molar-refractivity contribution < 1.29 is 25.9 Å². The molecule has 0 N–H and O–H groups in total. The third kappa shape index (κ3) is 1.57. The Morgan fingerprint density at radius 1 is 1.71 bits per heavy atom. The molecular formula is C5H10IO-. The van der Waals surface area contributed by atoms with Crippen molar-refractivity contribution in [2.45, 2.75) is 17.0 Å². The second-order valence-corrected chi connectivity index (χ2v) is 4.28. The van der Waals surface area contributed by atoms with Crippen LogP contribution < -0.4 is 21.2 Å². The standard InChI is InChI=1S/C5H10IO/c1-6-5-3-2-4-7-5/h5H,2-4H2,1H3/q-1. The van der Waals surface area contributed by atoms with E-state index in [0.717, 1.165) is 6.61 Å². The van der Waals surface area contributed by atoms with Crippen molar-refractivity contribution in [2.75, 3.05) is 11.5 Å². The molecular weight excluding hydrogens is 203 g/mol. The predicted molar refractivity (Wildman–Crippen MR) is 24.9 cm³/mol. The first kappa shape index (κ1) is 5.82. The van der Waals surface area contributed by atoms with Gasteiger partial charge in [-0.15, -0.1) is 0 Å². The van der Waals surface area contributed by atoms with Crippen molar-refractivity contribution in [1.82, 2.24) is 0 Å². The van der Waals surface area contributed by atoms with E-state index >= 15 is 0 Å². The Morgan fingerprint density at radius 3 is 2.86 bits per heavy atom. The van der Waals surface area contributed by atoms with Crippen LogP contribution in [-0.2, 0) is 4.74 Å². The fourth-order valence-electron chi connectivity index (χ4n) is 0.710. The first-order valence-corrected chi connectivity index (χ1v) is 5.93. The molecule has 0 spiro atoms. The van der Waals surface area contributed by atoms with Crippen molar-refractivity contribution >= 4 is 0 Å². The normalized spacial score (nSPS) is 31.9. The monoisotopic (exact) mass is 213 g/mol. The van der Waals surface area contributed by atoms with Crippen molar-refractivity contribution in [3.63, 3.8) is 0 Å². The number of ether oxygens (including phenoxy) is 1. The second kappa shape index (κ2) is 2.87. The quantitative estimate of drug-likeness (QED) is 0.356. The van der Waals surface area contributed by atoms with E-state index in [0.29, 0.717) is 25.3 Å². The summed E-state index contributed by atoms with van der Waals surface area (Å²) < 4.78 is 6.06. The van der Waals surface area contributed by atoms with Gasteiger partial charge < -0.3 is 0 Å². The summed E-state index contributed by atoms with van der Waals surface area (Å²) in [5.74, 6) is 0. The maximum atomic E-state index is 5.35. The van der Waals surface area contributed by atoms with E-state index in [4.69, 9.17) is 4.74 Å². The second-order valence-electron chi connectivity index (χ2n) is 1.64. The van der Waals surface area contributed by atoms with Gasteiger partial charge >= 0.3 is 54.4 Å². The average Bonchev–Trinajstić information content (AvgIpc) is 2.14. The van der Waals surface area contributed by atoms with Crippen molar-refractivity contribution in [3.05, 3.63) is 0 Å². The molecule has 1 aliphatic rings. The van der Waals surface area contributed by atoms with E-state index in [1.54, 1.807) is 0 Å². The SMILES string of the molecule is C[I-]C1CCCO1. The molecule has 0 aliphatic carbocycles. The van der Waals surface area contributed by atoms with Gasteiger partial charge in [0.2, 0.25) is 0 Å². The summed E-state index contributed by atoms with van der Waals surface area (Å²) in [7, 11) is 0. The van der Waals surface area contributed by atoms with Crippen molar-refractivity contribution in [1.29, 1.82) is 0 Å². The van der Waals surface area contributed by atoms with E-state index in [2.05, 4.69) is 4.93 Å². The maximum absolute atomic E-state index is 5.35. The molecule has 44 valence electrons. The summed E-state index contributed by atoms with van der Waals surface area (Å²) >= 11 is 0.382. The molecule has 1 rings (SSSR count). The van der Waals surface area contributed by atoms with Crippen molar-refractivity contribution in [3.8, 4) is 0 Å². The Bertz CT molecular complexity index is 50.0. The van der Waals surface area contributed by atoms with Crippen LogP contribution in [0.25, 0.3) is 0 Å².